The first-order valence-electron chi connectivity index (χ1n) is 7.75. The predicted molar refractivity (Wildman–Crippen MR) is 91.4 cm³/mol. The van der Waals surface area contributed by atoms with E-state index in [4.69, 9.17) is 14.6 Å². The Labute approximate surface area is 147 Å². The van der Waals surface area contributed by atoms with Gasteiger partial charge in [-0.1, -0.05) is 19.1 Å². The molecule has 0 aliphatic heterocycles. The topological polar surface area (TPSA) is 111 Å². The highest BCUT2D eigenvalue weighted by Gasteiger charge is 2.13. The lowest BCUT2D eigenvalue weighted by Gasteiger charge is -2.17. The Morgan fingerprint density at radius 3 is 2.12 bits per heavy atom. The maximum atomic E-state index is 11.1. The number of carboxylic acids is 1. The normalized spacial score (nSPS) is 10.7. The number of benzene rings is 1. The van der Waals surface area contributed by atoms with Crippen LogP contribution in [0.2, 0.25) is 0 Å². The van der Waals surface area contributed by atoms with Crippen LogP contribution in [0.1, 0.15) is 38.9 Å². The summed E-state index contributed by atoms with van der Waals surface area (Å²) < 4.78 is 15.0. The minimum Gasteiger partial charge on any atom is -0.481 e. The number of hydrogen-bond donors (Lipinski definition) is 2. The third kappa shape index (κ3) is 10.7. The van der Waals surface area contributed by atoms with Crippen molar-refractivity contribution in [3.8, 4) is 0 Å². The van der Waals surface area contributed by atoms with Crippen LogP contribution in [0.3, 0.4) is 0 Å². The van der Waals surface area contributed by atoms with Gasteiger partial charge >= 0.3 is 18.0 Å². The second-order valence-electron chi connectivity index (χ2n) is 4.73. The summed E-state index contributed by atoms with van der Waals surface area (Å²) in [4.78, 5) is 31.3. The van der Waals surface area contributed by atoms with E-state index in [2.05, 4.69) is 10.1 Å². The van der Waals surface area contributed by atoms with Crippen molar-refractivity contribution in [3.05, 3.63) is 29.8 Å². The molecule has 0 heterocycles. The van der Waals surface area contributed by atoms with Gasteiger partial charge in [-0.3, -0.25) is 14.9 Å². The molecular formula is C17H25NO7. The molecule has 1 aromatic carbocycles. The molecular weight excluding hydrogens is 330 g/mol. The molecule has 0 aliphatic carbocycles. The number of rotatable bonds is 7. The van der Waals surface area contributed by atoms with Crippen molar-refractivity contribution in [2.45, 2.75) is 33.3 Å². The molecule has 8 heteroatoms. The molecule has 1 unspecified atom stereocenters. The van der Waals surface area contributed by atoms with Gasteiger partial charge in [-0.2, -0.15) is 0 Å². The zero-order valence-corrected chi connectivity index (χ0v) is 14.9. The predicted octanol–water partition coefficient (Wildman–Crippen LogP) is 2.99. The summed E-state index contributed by atoms with van der Waals surface area (Å²) in [5, 5.41) is 10.3. The summed E-state index contributed by atoms with van der Waals surface area (Å²) >= 11 is 0. The third-order valence-corrected chi connectivity index (χ3v) is 2.82. The average Bonchev–Trinajstić information content (AvgIpc) is 2.59. The molecule has 1 amide bonds. The summed E-state index contributed by atoms with van der Waals surface area (Å²) in [6.07, 6.45) is -0.630. The highest BCUT2D eigenvalue weighted by molar-refractivity contribution is 5.84. The molecule has 0 aliphatic rings. The van der Waals surface area contributed by atoms with Crippen molar-refractivity contribution in [2.75, 3.05) is 25.6 Å². The Morgan fingerprint density at radius 1 is 1.16 bits per heavy atom. The van der Waals surface area contributed by atoms with Crippen LogP contribution in [0.15, 0.2) is 24.3 Å². The van der Waals surface area contributed by atoms with Crippen LogP contribution in [0.5, 0.6) is 0 Å². The Morgan fingerprint density at radius 2 is 1.72 bits per heavy atom. The van der Waals surface area contributed by atoms with Crippen molar-refractivity contribution in [1.82, 2.24) is 0 Å². The lowest BCUT2D eigenvalue weighted by Crippen LogP contribution is -2.14. The third-order valence-electron chi connectivity index (χ3n) is 2.82. The van der Waals surface area contributed by atoms with E-state index >= 15 is 0 Å². The molecule has 0 aromatic heterocycles. The van der Waals surface area contributed by atoms with Crippen LogP contribution >= 0.6 is 0 Å². The van der Waals surface area contributed by atoms with E-state index in [1.807, 2.05) is 6.92 Å². The van der Waals surface area contributed by atoms with Crippen LogP contribution in [0.25, 0.3) is 0 Å². The molecule has 0 bridgehead atoms. The van der Waals surface area contributed by atoms with Gasteiger partial charge in [0.05, 0.1) is 7.11 Å². The van der Waals surface area contributed by atoms with E-state index in [0.717, 1.165) is 5.56 Å². The largest absolute Gasteiger partial charge is 0.481 e. The zero-order valence-electron chi connectivity index (χ0n) is 14.9. The second-order valence-corrected chi connectivity index (χ2v) is 4.73. The maximum Gasteiger partial charge on any atom is 0.411 e. The number of amides is 1. The fourth-order valence-corrected chi connectivity index (χ4v) is 1.58. The Kier molecular flexibility index (Phi) is 11.4. The molecule has 140 valence electrons. The minimum atomic E-state index is -0.745. The number of anilines is 1. The standard InChI is InChI=1S/C14H19NO5.C3H6O2/c1-4-19-13(9-20-10(2)16)11-5-7-12(8-6-11)15-14(17)18-3;1-2-3(4)5/h5-8,13H,4,9H2,1-3H3,(H,15,17);2H2,1H3,(H,4,5). The number of carbonyl (C=O) groups excluding carboxylic acids is 2. The van der Waals surface area contributed by atoms with Crippen LogP contribution in [0, 0.1) is 0 Å². The van der Waals surface area contributed by atoms with Crippen molar-refractivity contribution in [3.63, 3.8) is 0 Å². The van der Waals surface area contributed by atoms with Gasteiger partial charge in [-0.15, -0.1) is 0 Å². The SMILES string of the molecule is CCC(=O)O.CCOC(COC(C)=O)c1ccc(NC(=O)OC)cc1. The average molecular weight is 355 g/mol. The molecule has 0 fully saturated rings. The number of hydrogen-bond acceptors (Lipinski definition) is 6. The number of methoxy groups -OCH3 is 1. The smallest absolute Gasteiger partial charge is 0.411 e. The van der Waals surface area contributed by atoms with Gasteiger partial charge in [0.25, 0.3) is 0 Å². The molecule has 0 spiro atoms. The molecule has 2 N–H and O–H groups in total. The van der Waals surface area contributed by atoms with E-state index in [-0.39, 0.29) is 25.1 Å². The minimum absolute atomic E-state index is 0.160. The lowest BCUT2D eigenvalue weighted by molar-refractivity contribution is -0.145. The first kappa shape index (κ1) is 22.4. The molecule has 0 saturated heterocycles. The molecule has 8 nitrogen and oxygen atoms in total. The number of ether oxygens (including phenoxy) is 3. The highest BCUT2D eigenvalue weighted by Crippen LogP contribution is 2.20. The number of carboxylic acid groups (broad SMARTS) is 1. The van der Waals surface area contributed by atoms with E-state index < -0.39 is 12.1 Å². The molecule has 0 radical (unpaired) electrons. The van der Waals surface area contributed by atoms with Crippen molar-refractivity contribution < 1.29 is 33.7 Å². The van der Waals surface area contributed by atoms with E-state index in [1.165, 1.54) is 14.0 Å². The summed E-state index contributed by atoms with van der Waals surface area (Å²) in [6.45, 7) is 5.49. The molecule has 1 atom stereocenters. The van der Waals surface area contributed by atoms with Crippen LogP contribution in [0.4, 0.5) is 10.5 Å². The second kappa shape index (κ2) is 12.8. The van der Waals surface area contributed by atoms with Gasteiger partial charge in [-0.25, -0.2) is 4.79 Å². The fourth-order valence-electron chi connectivity index (χ4n) is 1.58. The Balaban J connectivity index is 0.00000101. The molecule has 1 rings (SSSR count). The van der Waals surface area contributed by atoms with Gasteiger partial charge in [0.15, 0.2) is 0 Å². The molecule has 0 saturated carbocycles. The number of nitrogens with one attached hydrogen (secondary N) is 1. The summed E-state index contributed by atoms with van der Waals surface area (Å²) in [5.41, 5.74) is 1.48. The van der Waals surface area contributed by atoms with E-state index in [0.29, 0.717) is 12.3 Å². The fraction of sp³-hybridized carbons (Fsp3) is 0.471. The number of aliphatic carboxylic acids is 1. The van der Waals surface area contributed by atoms with E-state index in [1.54, 1.807) is 31.2 Å². The van der Waals surface area contributed by atoms with Gasteiger partial charge in [0, 0.05) is 25.6 Å². The van der Waals surface area contributed by atoms with Gasteiger partial charge in [0.1, 0.15) is 12.7 Å². The highest BCUT2D eigenvalue weighted by atomic mass is 16.6. The molecule has 25 heavy (non-hydrogen) atoms. The van der Waals surface area contributed by atoms with Crippen molar-refractivity contribution in [2.24, 2.45) is 0 Å². The van der Waals surface area contributed by atoms with Crippen molar-refractivity contribution >= 4 is 23.7 Å². The monoisotopic (exact) mass is 355 g/mol. The quantitative estimate of drug-likeness (QED) is 0.723. The van der Waals surface area contributed by atoms with Crippen LogP contribution in [-0.4, -0.2) is 43.5 Å². The first-order chi connectivity index (χ1) is 11.8. The maximum absolute atomic E-state index is 11.1. The van der Waals surface area contributed by atoms with Crippen molar-refractivity contribution in [1.29, 1.82) is 0 Å². The zero-order chi connectivity index (χ0) is 19.2. The van der Waals surface area contributed by atoms with E-state index in [9.17, 15) is 14.4 Å². The van der Waals surface area contributed by atoms with Crippen LogP contribution < -0.4 is 5.32 Å². The summed E-state index contributed by atoms with van der Waals surface area (Å²) in [6, 6.07) is 7.06. The van der Waals surface area contributed by atoms with Gasteiger partial charge in [0.2, 0.25) is 0 Å². The summed E-state index contributed by atoms with van der Waals surface area (Å²) in [7, 11) is 1.30. The van der Waals surface area contributed by atoms with Crippen LogP contribution in [-0.2, 0) is 23.8 Å². The number of carbonyl (C=O) groups is 3. The Bertz CT molecular complexity index is 542. The van der Waals surface area contributed by atoms with Gasteiger partial charge in [-0.05, 0) is 24.6 Å². The summed E-state index contributed by atoms with van der Waals surface area (Å²) in [5.74, 6) is -1.09. The Hall–Kier alpha value is -2.61. The van der Waals surface area contributed by atoms with Gasteiger partial charge < -0.3 is 19.3 Å². The molecule has 1 aromatic rings. The lowest BCUT2D eigenvalue weighted by atomic mass is 10.1. The first-order valence-corrected chi connectivity index (χ1v) is 7.75. The number of esters is 1.